The van der Waals surface area contributed by atoms with E-state index in [1.165, 1.54) is 34.4 Å². The molecule has 0 radical (unpaired) electrons. The Morgan fingerprint density at radius 1 is 1.06 bits per heavy atom. The Morgan fingerprint density at radius 3 is 2.89 bits per heavy atom. The maximum absolute atomic E-state index is 12.2. The van der Waals surface area contributed by atoms with Crippen LogP contribution in [0.5, 0.6) is 0 Å². The number of carbonyl (C=O) groups is 1. The van der Waals surface area contributed by atoms with Crippen LogP contribution in [0.2, 0.25) is 0 Å². The minimum Gasteiger partial charge on any atom is -0.295 e. The van der Waals surface area contributed by atoms with Gasteiger partial charge in [0, 0.05) is 12.0 Å². The largest absolute Gasteiger partial charge is 0.295 e. The summed E-state index contributed by atoms with van der Waals surface area (Å²) in [5.74, 6) is 0.943. The van der Waals surface area contributed by atoms with E-state index in [-0.39, 0.29) is 0 Å². The van der Waals surface area contributed by atoms with E-state index in [4.69, 9.17) is 0 Å². The Hall–Kier alpha value is -1.63. The van der Waals surface area contributed by atoms with Crippen LogP contribution in [0, 0.1) is 5.92 Å². The highest BCUT2D eigenvalue weighted by Crippen LogP contribution is 2.42. The lowest BCUT2D eigenvalue weighted by Gasteiger charge is -2.31. The van der Waals surface area contributed by atoms with E-state index in [1.54, 1.807) is 0 Å². The minimum atomic E-state index is 0.405. The molecule has 0 bridgehead atoms. The molecule has 0 heterocycles. The fourth-order valence-corrected chi connectivity index (χ4v) is 3.79. The molecule has 1 unspecified atom stereocenters. The zero-order valence-electron chi connectivity index (χ0n) is 10.4. The van der Waals surface area contributed by atoms with Gasteiger partial charge in [-0.1, -0.05) is 24.3 Å². The van der Waals surface area contributed by atoms with Crippen molar-refractivity contribution in [2.45, 2.75) is 32.1 Å². The average molecular weight is 236 g/mol. The van der Waals surface area contributed by atoms with Gasteiger partial charge in [0.05, 0.1) is 0 Å². The number of ketones is 1. The second kappa shape index (κ2) is 3.68. The van der Waals surface area contributed by atoms with Gasteiger partial charge in [-0.2, -0.15) is 0 Å². The van der Waals surface area contributed by atoms with E-state index in [0.717, 1.165) is 24.8 Å². The van der Waals surface area contributed by atoms with E-state index in [9.17, 15) is 4.79 Å². The fraction of sp³-hybridized carbons (Fsp3) is 0.353. The molecule has 18 heavy (non-hydrogen) atoms. The fourth-order valence-electron chi connectivity index (χ4n) is 3.79. The van der Waals surface area contributed by atoms with Gasteiger partial charge in [0.2, 0.25) is 0 Å². The van der Waals surface area contributed by atoms with Gasteiger partial charge >= 0.3 is 0 Å². The SMILES string of the molecule is O=C1CCCC2CCC3=c4ccccc4=CC3=C12. The van der Waals surface area contributed by atoms with E-state index in [0.29, 0.717) is 11.7 Å². The van der Waals surface area contributed by atoms with Crippen molar-refractivity contribution >= 4 is 17.4 Å². The number of hydrogen-bond acceptors (Lipinski definition) is 1. The van der Waals surface area contributed by atoms with E-state index < -0.39 is 0 Å². The van der Waals surface area contributed by atoms with Gasteiger partial charge in [0.15, 0.2) is 5.78 Å². The summed E-state index contributed by atoms with van der Waals surface area (Å²) in [6, 6.07) is 8.54. The molecule has 0 saturated heterocycles. The average Bonchev–Trinajstić information content (AvgIpc) is 2.77. The summed E-state index contributed by atoms with van der Waals surface area (Å²) in [5.41, 5.74) is 3.85. The van der Waals surface area contributed by atoms with Crippen LogP contribution in [0.1, 0.15) is 32.1 Å². The molecule has 4 rings (SSSR count). The molecule has 1 fully saturated rings. The molecule has 1 aromatic carbocycles. The molecule has 90 valence electrons. The highest BCUT2D eigenvalue weighted by atomic mass is 16.1. The molecule has 1 atom stereocenters. The summed E-state index contributed by atoms with van der Waals surface area (Å²) in [6.07, 6.45) is 7.61. The molecule has 0 aliphatic heterocycles. The molecule has 1 aromatic rings. The van der Waals surface area contributed by atoms with Crippen molar-refractivity contribution < 1.29 is 4.79 Å². The van der Waals surface area contributed by atoms with Crippen molar-refractivity contribution in [1.29, 1.82) is 0 Å². The zero-order valence-corrected chi connectivity index (χ0v) is 10.4. The summed E-state index contributed by atoms with van der Waals surface area (Å²) in [7, 11) is 0. The van der Waals surface area contributed by atoms with Crippen LogP contribution in [-0.4, -0.2) is 5.78 Å². The first-order valence-electron chi connectivity index (χ1n) is 6.92. The first-order chi connectivity index (χ1) is 8.84. The smallest absolute Gasteiger partial charge is 0.159 e. The predicted octanol–water partition coefficient (Wildman–Crippen LogP) is 2.09. The summed E-state index contributed by atoms with van der Waals surface area (Å²) in [5, 5.41) is 2.66. The van der Waals surface area contributed by atoms with Gasteiger partial charge in [-0.25, -0.2) is 0 Å². The molecule has 0 spiro atoms. The lowest BCUT2D eigenvalue weighted by Crippen LogP contribution is -2.26. The van der Waals surface area contributed by atoms with Crippen molar-refractivity contribution in [3.8, 4) is 0 Å². The quantitative estimate of drug-likeness (QED) is 0.674. The molecule has 1 saturated carbocycles. The van der Waals surface area contributed by atoms with Gasteiger partial charge in [0.1, 0.15) is 0 Å². The lowest BCUT2D eigenvalue weighted by atomic mass is 9.72. The summed E-state index contributed by atoms with van der Waals surface area (Å²) in [6.45, 7) is 0. The molecule has 1 heteroatoms. The second-order valence-electron chi connectivity index (χ2n) is 5.59. The summed E-state index contributed by atoms with van der Waals surface area (Å²) in [4.78, 5) is 12.2. The van der Waals surface area contributed by atoms with Gasteiger partial charge < -0.3 is 0 Å². The number of allylic oxidation sites excluding steroid dienone is 2. The number of Topliss-reactive ketones (excluding diaryl/α,β-unsaturated/α-hetero) is 1. The Morgan fingerprint density at radius 2 is 1.94 bits per heavy atom. The molecule has 0 aromatic heterocycles. The molecular weight excluding hydrogens is 220 g/mol. The van der Waals surface area contributed by atoms with Crippen LogP contribution in [0.25, 0.3) is 11.6 Å². The van der Waals surface area contributed by atoms with Crippen LogP contribution >= 0.6 is 0 Å². The predicted molar refractivity (Wildman–Crippen MR) is 72.2 cm³/mol. The molecule has 0 N–H and O–H groups in total. The van der Waals surface area contributed by atoms with Gasteiger partial charge in [0.25, 0.3) is 0 Å². The Kier molecular flexibility index (Phi) is 2.11. The number of fused-ring (bicyclic) bond motifs is 3. The normalized spacial score (nSPS) is 25.4. The molecule has 0 amide bonds. The standard InChI is InChI=1S/C17H16O/c18-16-7-3-5-11-8-9-14-13-6-2-1-4-12(13)10-15(14)17(11)16/h1-2,4,6,10-11H,3,5,7-9H2. The number of hydrogen-bond donors (Lipinski definition) is 0. The van der Waals surface area contributed by atoms with E-state index in [1.807, 2.05) is 0 Å². The van der Waals surface area contributed by atoms with Crippen molar-refractivity contribution in [3.05, 3.63) is 45.8 Å². The van der Waals surface area contributed by atoms with Gasteiger partial charge in [-0.3, -0.25) is 4.79 Å². The van der Waals surface area contributed by atoms with Crippen LogP contribution in [-0.2, 0) is 4.79 Å². The second-order valence-corrected chi connectivity index (χ2v) is 5.59. The van der Waals surface area contributed by atoms with Crippen LogP contribution in [0.4, 0.5) is 0 Å². The topological polar surface area (TPSA) is 17.1 Å². The Bertz CT molecular complexity index is 691. The third-order valence-corrected chi connectivity index (χ3v) is 4.61. The van der Waals surface area contributed by atoms with Gasteiger partial charge in [-0.05, 0) is 59.3 Å². The van der Waals surface area contributed by atoms with Crippen molar-refractivity contribution in [2.24, 2.45) is 5.92 Å². The van der Waals surface area contributed by atoms with Crippen molar-refractivity contribution in [2.75, 3.05) is 0 Å². The highest BCUT2D eigenvalue weighted by Gasteiger charge is 2.33. The first kappa shape index (κ1) is 10.3. The first-order valence-corrected chi connectivity index (χ1v) is 6.92. The highest BCUT2D eigenvalue weighted by molar-refractivity contribution is 6.04. The number of benzene rings is 1. The molecule has 1 nitrogen and oxygen atoms in total. The Labute approximate surface area is 107 Å². The summed E-state index contributed by atoms with van der Waals surface area (Å²) < 4.78 is 0. The molecule has 3 aliphatic rings. The maximum atomic E-state index is 12.2. The zero-order chi connectivity index (χ0) is 12.1. The third kappa shape index (κ3) is 1.30. The third-order valence-electron chi connectivity index (χ3n) is 4.61. The van der Waals surface area contributed by atoms with Crippen LogP contribution in [0.3, 0.4) is 0 Å². The number of rotatable bonds is 0. The van der Waals surface area contributed by atoms with E-state index >= 15 is 0 Å². The lowest BCUT2D eigenvalue weighted by molar-refractivity contribution is -0.117. The van der Waals surface area contributed by atoms with Crippen molar-refractivity contribution in [3.63, 3.8) is 0 Å². The van der Waals surface area contributed by atoms with Crippen LogP contribution < -0.4 is 10.4 Å². The maximum Gasteiger partial charge on any atom is 0.159 e. The minimum absolute atomic E-state index is 0.405. The van der Waals surface area contributed by atoms with Crippen molar-refractivity contribution in [1.82, 2.24) is 0 Å². The Balaban J connectivity index is 2.04. The number of carbonyl (C=O) groups excluding carboxylic acids is 1. The summed E-state index contributed by atoms with van der Waals surface area (Å²) >= 11 is 0. The van der Waals surface area contributed by atoms with E-state index in [2.05, 4.69) is 30.3 Å². The van der Waals surface area contributed by atoms with Crippen LogP contribution in [0.15, 0.2) is 35.4 Å². The molecule has 3 aliphatic carbocycles. The van der Waals surface area contributed by atoms with Gasteiger partial charge in [-0.15, -0.1) is 0 Å². The molecular formula is C17H16O. The monoisotopic (exact) mass is 236 g/mol.